The fourth-order valence-corrected chi connectivity index (χ4v) is 8.34. The van der Waals surface area contributed by atoms with Crippen LogP contribution in [-0.4, -0.2) is 115 Å². The van der Waals surface area contributed by atoms with Gasteiger partial charge in [0, 0.05) is 119 Å². The van der Waals surface area contributed by atoms with Gasteiger partial charge in [-0.3, -0.25) is 28.5 Å². The van der Waals surface area contributed by atoms with Gasteiger partial charge in [-0.2, -0.15) is 5.10 Å². The Kier molecular flexibility index (Phi) is 10.6. The van der Waals surface area contributed by atoms with Gasteiger partial charge < -0.3 is 19.6 Å². The fraction of sp³-hybridized carbons (Fsp3) is 0.400. The molecule has 2 saturated heterocycles. The summed E-state index contributed by atoms with van der Waals surface area (Å²) in [6.07, 6.45) is 6.02. The minimum Gasteiger partial charge on any atom is -0.338 e. The molecular weight excluding hydrogens is 823 g/mol. The van der Waals surface area contributed by atoms with Gasteiger partial charge in [-0.05, 0) is 86.3 Å². The Balaban J connectivity index is 0.000000160. The van der Waals surface area contributed by atoms with Crippen LogP contribution in [0.4, 0.5) is 40.4 Å². The molecule has 10 rings (SSSR count). The number of rotatable bonds is 8. The summed E-state index contributed by atoms with van der Waals surface area (Å²) in [5, 5.41) is 4.27. The van der Waals surface area contributed by atoms with E-state index in [1.807, 2.05) is 29.2 Å². The summed E-state index contributed by atoms with van der Waals surface area (Å²) in [6.45, 7) is 0.201. The van der Waals surface area contributed by atoms with E-state index in [4.69, 9.17) is 0 Å². The van der Waals surface area contributed by atoms with Crippen molar-refractivity contribution < 1.29 is 36.7 Å². The van der Waals surface area contributed by atoms with Gasteiger partial charge in [-0.25, -0.2) is 32.0 Å². The van der Waals surface area contributed by atoms with Gasteiger partial charge in [0.05, 0.1) is 16.7 Å². The molecule has 0 radical (unpaired) electrons. The highest BCUT2D eigenvalue weighted by molar-refractivity contribution is 6.21. The molecule has 0 bridgehead atoms. The first-order chi connectivity index (χ1) is 30.1. The van der Waals surface area contributed by atoms with Crippen molar-refractivity contribution in [2.75, 3.05) is 43.0 Å². The zero-order valence-electron chi connectivity index (χ0n) is 34.7. The van der Waals surface area contributed by atoms with Crippen LogP contribution >= 0.6 is 0 Å². The first-order valence-electron chi connectivity index (χ1n) is 21.1. The van der Waals surface area contributed by atoms with Crippen molar-refractivity contribution in [2.45, 2.75) is 75.3 Å². The molecule has 4 fully saturated rings. The SMILES string of the molecule is CN1C(=O)c2ccc(N(c3ccc(C(=O)N4CCC(F)(F)CC4)cn3)C3CC3)cc2C1=O.Cn1nc2cc(N(c3ccc(C(=O)N4CCC(F)(F)CC4)cc3)C3CC3)ccn2c1=O. The number of likely N-dealkylation sites (tertiary alicyclic amines) is 2. The molecule has 2 saturated carbocycles. The number of halogens is 4. The van der Waals surface area contributed by atoms with Crippen molar-refractivity contribution in [3.05, 3.63) is 112 Å². The van der Waals surface area contributed by atoms with Crippen molar-refractivity contribution >= 4 is 52.2 Å². The number of carbonyl (C=O) groups is 4. The minimum absolute atomic E-state index is 0.0259. The lowest BCUT2D eigenvalue weighted by Crippen LogP contribution is -2.42. The van der Waals surface area contributed by atoms with Crippen LogP contribution in [0, 0.1) is 0 Å². The van der Waals surface area contributed by atoms with Crippen molar-refractivity contribution in [1.29, 1.82) is 0 Å². The number of alkyl halides is 4. The molecule has 5 aliphatic rings. The van der Waals surface area contributed by atoms with E-state index in [0.29, 0.717) is 39.8 Å². The highest BCUT2D eigenvalue weighted by Gasteiger charge is 2.39. The number of imide groups is 1. The zero-order valence-corrected chi connectivity index (χ0v) is 34.7. The van der Waals surface area contributed by atoms with E-state index in [2.05, 4.69) is 15.0 Å². The number of aryl methyl sites for hydroxylation is 1. The van der Waals surface area contributed by atoms with Gasteiger partial charge in [0.2, 0.25) is 0 Å². The standard InChI is InChI=1S/C23H22F2N4O3.C22H23F2N5O2/c1-27-21(31)17-6-5-16(12-18(17)22(27)32)29(15-3-4-15)19-7-2-14(13-26-19)20(30)28-10-8-23(24,25)9-11-28;1-26-21(31)28-11-8-18(14-19(28)25-26)29(17-6-7-17)16-4-2-15(3-5-16)20(30)27-12-9-22(23,24)10-13-27/h2,5-7,12-13,15H,3-4,8-11H2,1H3;2-5,8,11,14,17H,6-7,9-10,12-13H2,1H3. The molecule has 0 spiro atoms. The third kappa shape index (κ3) is 8.37. The molecule has 18 heteroatoms. The normalized spacial score (nSPS) is 19.1. The lowest BCUT2D eigenvalue weighted by molar-refractivity contribution is -0.0503. The number of anilines is 4. The number of nitrogens with zero attached hydrogens (tertiary/aromatic N) is 9. The Morgan fingerprint density at radius 1 is 0.635 bits per heavy atom. The number of hydrogen-bond donors (Lipinski definition) is 0. The molecule has 14 nitrogen and oxygen atoms in total. The smallest absolute Gasteiger partial charge is 0.338 e. The third-order valence-corrected chi connectivity index (χ3v) is 12.3. The number of benzene rings is 2. The highest BCUT2D eigenvalue weighted by Crippen LogP contribution is 2.40. The van der Waals surface area contributed by atoms with Crippen molar-refractivity contribution in [1.82, 2.24) is 33.9 Å². The lowest BCUT2D eigenvalue weighted by atomic mass is 10.1. The second kappa shape index (κ2) is 16.0. The summed E-state index contributed by atoms with van der Waals surface area (Å²) in [7, 11) is 3.08. The number of aromatic nitrogens is 4. The van der Waals surface area contributed by atoms with Crippen LogP contribution in [0.2, 0.25) is 0 Å². The van der Waals surface area contributed by atoms with Gasteiger partial charge in [0.25, 0.3) is 35.5 Å². The number of amides is 4. The van der Waals surface area contributed by atoms with E-state index in [-0.39, 0.29) is 87.2 Å². The van der Waals surface area contributed by atoms with Gasteiger partial charge in [-0.15, -0.1) is 0 Å². The van der Waals surface area contributed by atoms with Gasteiger partial charge in [0.15, 0.2) is 5.65 Å². The molecule has 2 aromatic carbocycles. The Hall–Kier alpha value is -6.59. The zero-order chi connectivity index (χ0) is 44.4. The molecule has 3 aliphatic heterocycles. The minimum atomic E-state index is -2.71. The Morgan fingerprint density at radius 3 is 1.73 bits per heavy atom. The van der Waals surface area contributed by atoms with Crippen LogP contribution in [-0.2, 0) is 7.05 Å². The molecule has 0 unspecified atom stereocenters. The first-order valence-corrected chi connectivity index (χ1v) is 21.1. The van der Waals surface area contributed by atoms with E-state index in [1.54, 1.807) is 55.7 Å². The fourth-order valence-electron chi connectivity index (χ4n) is 8.34. The molecule has 328 valence electrons. The van der Waals surface area contributed by atoms with Gasteiger partial charge in [0.1, 0.15) is 5.82 Å². The second-order valence-electron chi connectivity index (χ2n) is 16.9. The lowest BCUT2D eigenvalue weighted by Gasteiger charge is -2.32. The van der Waals surface area contributed by atoms with Crippen molar-refractivity contribution in [2.24, 2.45) is 7.05 Å². The van der Waals surface area contributed by atoms with Crippen LogP contribution in [0.3, 0.4) is 0 Å². The number of hydrogen-bond acceptors (Lipinski definition) is 9. The third-order valence-electron chi connectivity index (χ3n) is 12.3. The van der Waals surface area contributed by atoms with Crippen LogP contribution in [0.15, 0.2) is 83.9 Å². The predicted molar refractivity (Wildman–Crippen MR) is 224 cm³/mol. The number of pyridine rings is 2. The van der Waals surface area contributed by atoms with Gasteiger partial charge >= 0.3 is 5.69 Å². The van der Waals surface area contributed by atoms with E-state index in [1.165, 1.54) is 32.1 Å². The number of carbonyl (C=O) groups excluding carboxylic acids is 4. The summed E-state index contributed by atoms with van der Waals surface area (Å²) >= 11 is 0. The summed E-state index contributed by atoms with van der Waals surface area (Å²) in [4.78, 5) is 74.7. The highest BCUT2D eigenvalue weighted by atomic mass is 19.3. The average molecular weight is 868 g/mol. The molecule has 2 aliphatic carbocycles. The Bertz CT molecular complexity index is 2660. The predicted octanol–water partition coefficient (Wildman–Crippen LogP) is 6.68. The summed E-state index contributed by atoms with van der Waals surface area (Å²) in [6, 6.07) is 20.2. The first kappa shape index (κ1) is 41.7. The van der Waals surface area contributed by atoms with Crippen LogP contribution in [0.5, 0.6) is 0 Å². The van der Waals surface area contributed by atoms with Gasteiger partial charge in [-0.1, -0.05) is 0 Å². The maximum absolute atomic E-state index is 13.4. The van der Waals surface area contributed by atoms with E-state index in [0.717, 1.165) is 47.6 Å². The molecule has 6 heterocycles. The Labute approximate surface area is 359 Å². The summed E-state index contributed by atoms with van der Waals surface area (Å²) in [5.41, 5.74) is 4.61. The molecule has 5 aromatic rings. The largest absolute Gasteiger partial charge is 0.350 e. The quantitative estimate of drug-likeness (QED) is 0.124. The molecule has 4 amide bonds. The maximum Gasteiger partial charge on any atom is 0.350 e. The molecule has 63 heavy (non-hydrogen) atoms. The molecule has 0 atom stereocenters. The topological polar surface area (TPSA) is 137 Å². The monoisotopic (exact) mass is 867 g/mol. The van der Waals surface area contributed by atoms with Crippen LogP contribution in [0.25, 0.3) is 5.65 Å². The van der Waals surface area contributed by atoms with Crippen LogP contribution in [0.1, 0.15) is 92.8 Å². The van der Waals surface area contributed by atoms with E-state index >= 15 is 0 Å². The number of fused-ring (bicyclic) bond motifs is 2. The van der Waals surface area contributed by atoms with E-state index in [9.17, 15) is 41.5 Å². The summed E-state index contributed by atoms with van der Waals surface area (Å²) in [5.74, 6) is -5.92. The second-order valence-corrected chi connectivity index (χ2v) is 16.9. The molecule has 0 N–H and O–H groups in total. The molecular formula is C45H45F4N9O5. The summed E-state index contributed by atoms with van der Waals surface area (Å²) < 4.78 is 56.3. The van der Waals surface area contributed by atoms with E-state index < -0.39 is 11.8 Å². The van der Waals surface area contributed by atoms with Crippen molar-refractivity contribution in [3.63, 3.8) is 0 Å². The molecule has 3 aromatic heterocycles. The average Bonchev–Trinajstić information content (AvgIpc) is 4.23. The number of piperidine rings is 2. The van der Waals surface area contributed by atoms with Crippen LogP contribution < -0.4 is 15.5 Å². The maximum atomic E-state index is 13.4. The Morgan fingerprint density at radius 2 is 1.16 bits per heavy atom. The van der Waals surface area contributed by atoms with Crippen molar-refractivity contribution in [3.8, 4) is 0 Å².